The molecule has 0 fully saturated rings. The van der Waals surface area contributed by atoms with Crippen LogP contribution in [0.1, 0.15) is 104 Å². The van der Waals surface area contributed by atoms with Gasteiger partial charge in [-0.1, -0.05) is 65.5 Å². The van der Waals surface area contributed by atoms with Gasteiger partial charge in [0.25, 0.3) is 5.69 Å². The second kappa shape index (κ2) is 28.3. The summed E-state index contributed by atoms with van der Waals surface area (Å²) in [6.45, 7) is 8.63. The maximum atomic E-state index is 14.1. The molecule has 23 nitrogen and oxygen atoms in total. The van der Waals surface area contributed by atoms with Crippen LogP contribution in [0, 0.1) is 16.0 Å². The Bertz CT molecular complexity index is 1760. The second-order valence-electron chi connectivity index (χ2n) is 15.5. The summed E-state index contributed by atoms with van der Waals surface area (Å²) < 4.78 is 0. The van der Waals surface area contributed by atoms with Gasteiger partial charge < -0.3 is 59.9 Å². The minimum atomic E-state index is -1.56. The van der Waals surface area contributed by atoms with Crippen LogP contribution in [0.3, 0.4) is 0 Å². The summed E-state index contributed by atoms with van der Waals surface area (Å²) in [5.74, 6) is -7.52. The summed E-state index contributed by atoms with van der Waals surface area (Å²) in [6, 6.07) is -3.64. The van der Waals surface area contributed by atoms with Gasteiger partial charge >= 0.3 is 5.97 Å². The van der Waals surface area contributed by atoms with Gasteiger partial charge in [0, 0.05) is 31.5 Å². The quantitative estimate of drug-likeness (QED) is 0.0143. The molecule has 352 valence electrons. The first-order valence-electron chi connectivity index (χ1n) is 21.0. The Hall–Kier alpha value is -6.39. The predicted molar refractivity (Wildman–Crippen MR) is 232 cm³/mol. The Kier molecular flexibility index (Phi) is 24.5. The summed E-state index contributed by atoms with van der Waals surface area (Å²) in [4.78, 5) is 119. The number of amides is 7. The molecule has 0 aliphatic heterocycles. The van der Waals surface area contributed by atoms with Crippen LogP contribution in [-0.2, 0) is 44.8 Å². The number of primary amides is 1. The lowest BCUT2D eigenvalue weighted by atomic mass is 10.00. The molecule has 0 aliphatic carbocycles. The van der Waals surface area contributed by atoms with E-state index in [4.69, 9.17) is 22.9 Å². The van der Waals surface area contributed by atoms with Crippen molar-refractivity contribution in [1.82, 2.24) is 31.9 Å². The normalized spacial score (nSPS) is 14.3. The number of guanidine groups is 1. The van der Waals surface area contributed by atoms with Crippen LogP contribution >= 0.6 is 0 Å². The minimum absolute atomic E-state index is 0.0989. The molecular formula is C40H66N12O11. The number of nitrogens with zero attached hydrogens (tertiary/aromatic N) is 2. The van der Waals surface area contributed by atoms with Crippen molar-refractivity contribution in [3.8, 4) is 0 Å². The molecule has 1 aromatic rings. The number of hydrogen-bond donors (Lipinski definition) is 11. The highest BCUT2D eigenvalue weighted by molar-refractivity contribution is 5.97. The number of benzene rings is 1. The van der Waals surface area contributed by atoms with Gasteiger partial charge in [0.1, 0.15) is 36.3 Å². The van der Waals surface area contributed by atoms with E-state index < -0.39 is 113 Å². The Balaban J connectivity index is 3.43. The third-order valence-electron chi connectivity index (χ3n) is 9.79. The number of nitro benzene ring substituents is 1. The smallest absolute Gasteiger partial charge is 0.303 e. The summed E-state index contributed by atoms with van der Waals surface area (Å²) >= 11 is 0. The van der Waals surface area contributed by atoms with E-state index in [0.29, 0.717) is 31.2 Å². The summed E-state index contributed by atoms with van der Waals surface area (Å²) in [6.07, 6.45) is 1.97. The van der Waals surface area contributed by atoms with E-state index in [0.717, 1.165) is 6.42 Å². The van der Waals surface area contributed by atoms with Gasteiger partial charge in [0.2, 0.25) is 41.4 Å². The van der Waals surface area contributed by atoms with E-state index in [-0.39, 0.29) is 43.9 Å². The van der Waals surface area contributed by atoms with Gasteiger partial charge in [-0.3, -0.25) is 53.5 Å². The minimum Gasteiger partial charge on any atom is -0.481 e. The molecule has 1 rings (SSSR count). The molecule has 63 heavy (non-hydrogen) atoms. The fourth-order valence-corrected chi connectivity index (χ4v) is 6.03. The van der Waals surface area contributed by atoms with Crippen molar-refractivity contribution < 1.29 is 48.4 Å². The average Bonchev–Trinajstić information content (AvgIpc) is 3.21. The Labute approximate surface area is 366 Å². The third kappa shape index (κ3) is 20.8. The number of carbonyl (C=O) groups is 8. The van der Waals surface area contributed by atoms with E-state index in [9.17, 15) is 53.6 Å². The summed E-state index contributed by atoms with van der Waals surface area (Å²) in [5.41, 5.74) is 22.2. The van der Waals surface area contributed by atoms with Crippen molar-refractivity contribution in [3.05, 3.63) is 39.9 Å². The molecule has 0 unspecified atom stereocenters. The molecule has 0 radical (unpaired) electrons. The highest BCUT2D eigenvalue weighted by atomic mass is 16.6. The molecule has 7 amide bonds. The Morgan fingerprint density at radius 3 is 1.70 bits per heavy atom. The molecular weight excluding hydrogens is 825 g/mol. The molecule has 0 aromatic heterocycles. The first-order valence-corrected chi connectivity index (χ1v) is 21.0. The van der Waals surface area contributed by atoms with Gasteiger partial charge in [0.15, 0.2) is 5.96 Å². The largest absolute Gasteiger partial charge is 0.481 e. The Morgan fingerprint density at radius 1 is 0.667 bits per heavy atom. The number of nitro groups is 1. The first-order chi connectivity index (χ1) is 29.6. The molecule has 7 atom stereocenters. The molecule has 0 heterocycles. The number of non-ortho nitro benzene ring substituents is 1. The zero-order valence-corrected chi connectivity index (χ0v) is 36.6. The molecule has 0 spiro atoms. The van der Waals surface area contributed by atoms with Crippen LogP contribution in [0.2, 0.25) is 0 Å². The molecule has 15 N–H and O–H groups in total. The predicted octanol–water partition coefficient (Wildman–Crippen LogP) is -1.17. The van der Waals surface area contributed by atoms with Crippen LogP contribution in [-0.4, -0.2) is 112 Å². The average molecular weight is 891 g/mol. The number of nitrogens with two attached hydrogens (primary N) is 4. The van der Waals surface area contributed by atoms with Crippen LogP contribution in [0.25, 0.3) is 0 Å². The van der Waals surface area contributed by atoms with Crippen molar-refractivity contribution in [1.29, 1.82) is 0 Å². The van der Waals surface area contributed by atoms with Gasteiger partial charge in [-0.15, -0.1) is 0 Å². The monoisotopic (exact) mass is 890 g/mol. The van der Waals surface area contributed by atoms with Crippen molar-refractivity contribution in [2.75, 3.05) is 6.54 Å². The van der Waals surface area contributed by atoms with E-state index in [1.165, 1.54) is 31.2 Å². The third-order valence-corrected chi connectivity index (χ3v) is 9.79. The van der Waals surface area contributed by atoms with Crippen molar-refractivity contribution in [3.63, 3.8) is 0 Å². The summed E-state index contributed by atoms with van der Waals surface area (Å²) in [5, 5.41) is 36.0. The van der Waals surface area contributed by atoms with E-state index in [1.807, 2.05) is 13.8 Å². The lowest BCUT2D eigenvalue weighted by Gasteiger charge is -2.28. The Morgan fingerprint density at radius 2 is 1.17 bits per heavy atom. The van der Waals surface area contributed by atoms with E-state index >= 15 is 0 Å². The number of nitrogens with one attached hydrogen (secondary N) is 6. The fourth-order valence-electron chi connectivity index (χ4n) is 6.03. The molecule has 1 aromatic carbocycles. The highest BCUT2D eigenvalue weighted by Gasteiger charge is 2.34. The standard InChI is InChI=1S/C40H66N12O11/c1-6-8-12-27(33(42)55)47-34(56)23(5)46-36(58)29(18-19-31(53)54)48-38(60)30(21-24-14-16-25(17-15-24)52(62)63)50-37(59)28(13-9-7-2)49-39(61)32(22(3)4)51-35(57)26(41)11-10-20-45-40(43)44/h14-17,22-23,26-30,32H,6-13,18-21,41H2,1-5H3,(H2,42,55)(H,46,58)(H,47,56)(H,48,60)(H,49,61)(H,50,59)(H,51,57)(H,53,54)(H4,43,44,45)/t23-,26-,27-,28-,29-,30-,32-/m0/s1. The number of carbonyl (C=O) groups excluding carboxylic acids is 7. The van der Waals surface area contributed by atoms with Crippen LogP contribution in [0.4, 0.5) is 5.69 Å². The van der Waals surface area contributed by atoms with Crippen molar-refractivity contribution >= 4 is 59.0 Å². The SMILES string of the molecule is CCCC[C@H](NC(=O)[C@H](C)NC(=O)[C@H](CCC(=O)O)NC(=O)[C@H](Cc1ccc([N+](=O)[O-])cc1)NC(=O)[C@H](CCCC)NC(=O)[C@@H](NC(=O)[C@@H](N)CCCN=C(N)N)C(C)C)C(N)=O. The number of unbranched alkanes of at least 4 members (excludes halogenated alkanes) is 2. The molecule has 23 heteroatoms. The first kappa shape index (κ1) is 54.6. The molecule has 0 aliphatic rings. The van der Waals surface area contributed by atoms with Crippen LogP contribution in [0.5, 0.6) is 0 Å². The lowest BCUT2D eigenvalue weighted by Crippen LogP contribution is -2.60. The van der Waals surface area contributed by atoms with Crippen LogP contribution in [0.15, 0.2) is 29.3 Å². The van der Waals surface area contributed by atoms with Gasteiger partial charge in [-0.25, -0.2) is 0 Å². The second-order valence-corrected chi connectivity index (χ2v) is 15.5. The van der Waals surface area contributed by atoms with Gasteiger partial charge in [-0.05, 0) is 50.5 Å². The zero-order chi connectivity index (χ0) is 47.8. The number of aliphatic carboxylic acids is 1. The van der Waals surface area contributed by atoms with Crippen molar-refractivity contribution in [2.24, 2.45) is 33.8 Å². The van der Waals surface area contributed by atoms with Crippen LogP contribution < -0.4 is 54.8 Å². The number of hydrogen-bond acceptors (Lipinski definition) is 12. The number of aliphatic imine (C=N–C) groups is 1. The highest BCUT2D eigenvalue weighted by Crippen LogP contribution is 2.15. The van der Waals surface area contributed by atoms with E-state index in [1.54, 1.807) is 13.8 Å². The van der Waals surface area contributed by atoms with Crippen molar-refractivity contribution in [2.45, 2.75) is 148 Å². The number of carboxylic acids is 1. The number of carboxylic acid groups (broad SMARTS) is 1. The number of rotatable bonds is 30. The maximum Gasteiger partial charge on any atom is 0.303 e. The van der Waals surface area contributed by atoms with Gasteiger partial charge in [-0.2, -0.15) is 0 Å². The lowest BCUT2D eigenvalue weighted by molar-refractivity contribution is -0.384. The zero-order valence-electron chi connectivity index (χ0n) is 36.6. The van der Waals surface area contributed by atoms with E-state index in [2.05, 4.69) is 36.9 Å². The topological polar surface area (TPSA) is 389 Å². The van der Waals surface area contributed by atoms with Gasteiger partial charge in [0.05, 0.1) is 11.0 Å². The summed E-state index contributed by atoms with van der Waals surface area (Å²) in [7, 11) is 0. The molecule has 0 saturated carbocycles. The molecule has 0 bridgehead atoms. The maximum absolute atomic E-state index is 14.1. The molecule has 0 saturated heterocycles. The fraction of sp³-hybridized carbons (Fsp3) is 0.625.